The summed E-state index contributed by atoms with van der Waals surface area (Å²) in [7, 11) is 0. The molecule has 2 heterocycles. The maximum Gasteiger partial charge on any atom is 0.0823 e. The Hall–Kier alpha value is -1.66. The average molecular weight is 377 g/mol. The second kappa shape index (κ2) is 7.76. The van der Waals surface area contributed by atoms with Crippen molar-refractivity contribution < 1.29 is 10.2 Å². The highest BCUT2D eigenvalue weighted by Crippen LogP contribution is 2.33. The largest absolute Gasteiger partial charge is 0.396 e. The Labute approximate surface area is 163 Å². The third-order valence-electron chi connectivity index (χ3n) is 5.08. The highest BCUT2D eigenvalue weighted by molar-refractivity contribution is 5.18. The van der Waals surface area contributed by atoms with Gasteiger partial charge in [-0.05, 0) is 35.8 Å². The second-order valence-electron chi connectivity index (χ2n) is 9.93. The van der Waals surface area contributed by atoms with Crippen molar-refractivity contribution in [1.29, 1.82) is 0 Å². The minimum atomic E-state index is -0.893. The molecular formula is C21H36N4O2. The quantitative estimate of drug-likeness (QED) is 0.704. The van der Waals surface area contributed by atoms with Crippen molar-refractivity contribution in [2.45, 2.75) is 84.9 Å². The van der Waals surface area contributed by atoms with Gasteiger partial charge in [-0.25, -0.2) is 0 Å². The van der Waals surface area contributed by atoms with E-state index in [0.29, 0.717) is 25.4 Å². The molecule has 1 unspecified atom stereocenters. The summed E-state index contributed by atoms with van der Waals surface area (Å²) in [5.41, 5.74) is 0.917. The SMILES string of the molecule is CC(C)c1cnn(CC(C)(O)CC(C)(C)c2cnn(CC(C)(C)CO)c2)c1. The molecule has 0 aromatic carbocycles. The van der Waals surface area contributed by atoms with E-state index in [9.17, 15) is 10.2 Å². The van der Waals surface area contributed by atoms with Gasteiger partial charge in [-0.2, -0.15) is 10.2 Å². The van der Waals surface area contributed by atoms with Crippen molar-refractivity contribution >= 4 is 0 Å². The highest BCUT2D eigenvalue weighted by Gasteiger charge is 2.33. The highest BCUT2D eigenvalue weighted by atomic mass is 16.3. The van der Waals surface area contributed by atoms with Crippen LogP contribution in [0.2, 0.25) is 0 Å². The molecule has 2 rings (SSSR count). The van der Waals surface area contributed by atoms with Crippen molar-refractivity contribution in [3.63, 3.8) is 0 Å². The van der Waals surface area contributed by atoms with Gasteiger partial charge in [0.15, 0.2) is 0 Å². The van der Waals surface area contributed by atoms with Gasteiger partial charge in [0.1, 0.15) is 0 Å². The third-order valence-corrected chi connectivity index (χ3v) is 5.08. The van der Waals surface area contributed by atoms with E-state index in [2.05, 4.69) is 37.9 Å². The first-order chi connectivity index (χ1) is 12.3. The lowest BCUT2D eigenvalue weighted by molar-refractivity contribution is 0.0117. The minimum absolute atomic E-state index is 0.114. The number of rotatable bonds is 9. The molecule has 2 aromatic rings. The second-order valence-corrected chi connectivity index (χ2v) is 9.93. The molecule has 27 heavy (non-hydrogen) atoms. The van der Waals surface area contributed by atoms with Gasteiger partial charge in [0.2, 0.25) is 0 Å². The molecule has 2 N–H and O–H groups in total. The summed E-state index contributed by atoms with van der Waals surface area (Å²) in [6.45, 7) is 15.6. The number of nitrogens with zero attached hydrogens (tertiary/aromatic N) is 4. The average Bonchev–Trinajstić information content (AvgIpc) is 3.15. The van der Waals surface area contributed by atoms with E-state index in [0.717, 1.165) is 5.56 Å². The number of aliphatic hydroxyl groups excluding tert-OH is 1. The van der Waals surface area contributed by atoms with Crippen LogP contribution in [-0.4, -0.2) is 42.0 Å². The van der Waals surface area contributed by atoms with Gasteiger partial charge in [0, 0.05) is 31.0 Å². The van der Waals surface area contributed by atoms with E-state index in [1.165, 1.54) is 5.56 Å². The van der Waals surface area contributed by atoms with Crippen LogP contribution in [0, 0.1) is 5.41 Å². The first-order valence-electron chi connectivity index (χ1n) is 9.72. The zero-order valence-electron chi connectivity index (χ0n) is 17.9. The predicted molar refractivity (Wildman–Crippen MR) is 108 cm³/mol. The molecule has 1 atom stereocenters. The summed E-state index contributed by atoms with van der Waals surface area (Å²) in [6, 6.07) is 0. The number of hydrogen-bond acceptors (Lipinski definition) is 4. The van der Waals surface area contributed by atoms with Gasteiger partial charge >= 0.3 is 0 Å². The van der Waals surface area contributed by atoms with Crippen molar-refractivity contribution in [2.75, 3.05) is 6.61 Å². The molecule has 6 heteroatoms. The van der Waals surface area contributed by atoms with Crippen molar-refractivity contribution in [3.05, 3.63) is 35.9 Å². The Balaban J connectivity index is 2.08. The molecular weight excluding hydrogens is 340 g/mol. The zero-order valence-corrected chi connectivity index (χ0v) is 17.9. The van der Waals surface area contributed by atoms with Gasteiger partial charge in [0.05, 0.1) is 24.5 Å². The zero-order chi connectivity index (χ0) is 20.5. The fourth-order valence-corrected chi connectivity index (χ4v) is 3.51. The van der Waals surface area contributed by atoms with Gasteiger partial charge in [-0.1, -0.05) is 41.5 Å². The van der Waals surface area contributed by atoms with Gasteiger partial charge in [-0.15, -0.1) is 0 Å². The summed E-state index contributed by atoms with van der Waals surface area (Å²) >= 11 is 0. The van der Waals surface area contributed by atoms with E-state index in [1.54, 1.807) is 0 Å². The minimum Gasteiger partial charge on any atom is -0.396 e. The fourth-order valence-electron chi connectivity index (χ4n) is 3.51. The lowest BCUT2D eigenvalue weighted by Gasteiger charge is -2.33. The number of aliphatic hydroxyl groups is 2. The fraction of sp³-hybridized carbons (Fsp3) is 0.714. The molecule has 0 bridgehead atoms. The van der Waals surface area contributed by atoms with Gasteiger partial charge in [0.25, 0.3) is 0 Å². The van der Waals surface area contributed by atoms with E-state index in [1.807, 2.05) is 54.9 Å². The van der Waals surface area contributed by atoms with Crippen molar-refractivity contribution in [2.24, 2.45) is 5.41 Å². The number of aromatic nitrogens is 4. The van der Waals surface area contributed by atoms with Crippen LogP contribution >= 0.6 is 0 Å². The summed E-state index contributed by atoms with van der Waals surface area (Å²) < 4.78 is 3.71. The molecule has 6 nitrogen and oxygen atoms in total. The van der Waals surface area contributed by atoms with Gasteiger partial charge in [-0.3, -0.25) is 9.36 Å². The maximum absolute atomic E-state index is 11.0. The first-order valence-corrected chi connectivity index (χ1v) is 9.72. The van der Waals surface area contributed by atoms with Gasteiger partial charge < -0.3 is 10.2 Å². The Bertz CT molecular complexity index is 741. The van der Waals surface area contributed by atoms with Crippen LogP contribution in [0.1, 0.15) is 71.9 Å². The lowest BCUT2D eigenvalue weighted by atomic mass is 9.77. The molecule has 0 aliphatic carbocycles. The Kier molecular flexibility index (Phi) is 6.22. The topological polar surface area (TPSA) is 76.1 Å². The summed E-state index contributed by atoms with van der Waals surface area (Å²) in [4.78, 5) is 0. The molecule has 152 valence electrons. The molecule has 0 saturated heterocycles. The first kappa shape index (κ1) is 21.6. The van der Waals surface area contributed by atoms with Crippen LogP contribution in [0.25, 0.3) is 0 Å². The van der Waals surface area contributed by atoms with Crippen molar-refractivity contribution in [1.82, 2.24) is 19.6 Å². The molecule has 2 aromatic heterocycles. The standard InChI is InChI=1S/C21H36N4O2/c1-16(2)17-8-22-24(10-17)14-21(7,27)12-20(5,6)18-9-23-25(11-18)13-19(3,4)15-26/h8-11,16,26-27H,12-15H2,1-7H3. The Morgan fingerprint density at radius 2 is 1.56 bits per heavy atom. The lowest BCUT2D eigenvalue weighted by Crippen LogP contribution is -2.37. The third kappa shape index (κ3) is 5.91. The molecule has 0 fully saturated rings. The molecule has 0 saturated carbocycles. The van der Waals surface area contributed by atoms with E-state index in [-0.39, 0.29) is 17.4 Å². The van der Waals surface area contributed by atoms with Crippen LogP contribution in [0.4, 0.5) is 0 Å². The molecule has 0 aliphatic rings. The molecule has 0 spiro atoms. The summed E-state index contributed by atoms with van der Waals surface area (Å²) in [5, 5.41) is 29.3. The van der Waals surface area contributed by atoms with Crippen molar-refractivity contribution in [3.8, 4) is 0 Å². The van der Waals surface area contributed by atoms with Crippen LogP contribution in [0.3, 0.4) is 0 Å². The molecule has 0 amide bonds. The normalized spacial score (nSPS) is 15.3. The van der Waals surface area contributed by atoms with Crippen LogP contribution in [-0.2, 0) is 18.5 Å². The summed E-state index contributed by atoms with van der Waals surface area (Å²) in [5.74, 6) is 0.425. The van der Waals surface area contributed by atoms with Crippen LogP contribution in [0.15, 0.2) is 24.8 Å². The molecule has 0 radical (unpaired) electrons. The van der Waals surface area contributed by atoms with Crippen LogP contribution < -0.4 is 0 Å². The number of hydrogen-bond donors (Lipinski definition) is 2. The van der Waals surface area contributed by atoms with E-state index >= 15 is 0 Å². The smallest absolute Gasteiger partial charge is 0.0823 e. The molecule has 0 aliphatic heterocycles. The monoisotopic (exact) mass is 376 g/mol. The van der Waals surface area contributed by atoms with E-state index < -0.39 is 5.60 Å². The Morgan fingerprint density at radius 3 is 2.11 bits per heavy atom. The van der Waals surface area contributed by atoms with E-state index in [4.69, 9.17) is 0 Å². The maximum atomic E-state index is 11.0. The Morgan fingerprint density at radius 1 is 0.963 bits per heavy atom. The van der Waals surface area contributed by atoms with Crippen LogP contribution in [0.5, 0.6) is 0 Å². The predicted octanol–water partition coefficient (Wildman–Crippen LogP) is 3.34. The summed E-state index contributed by atoms with van der Waals surface area (Å²) in [6.07, 6.45) is 8.37.